The summed E-state index contributed by atoms with van der Waals surface area (Å²) in [6.07, 6.45) is 0. The third-order valence-corrected chi connectivity index (χ3v) is 4.30. The first kappa shape index (κ1) is 14.9. The van der Waals surface area contributed by atoms with Crippen molar-refractivity contribution >= 4 is 22.9 Å². The summed E-state index contributed by atoms with van der Waals surface area (Å²) in [4.78, 5) is 16.9. The van der Waals surface area contributed by atoms with Crippen molar-refractivity contribution in [2.45, 2.75) is 6.54 Å². The Morgan fingerprint density at radius 2 is 2.00 bits per heavy atom. The molecule has 0 atom stereocenters. The van der Waals surface area contributed by atoms with Crippen molar-refractivity contribution in [3.8, 4) is 22.2 Å². The van der Waals surface area contributed by atoms with Gasteiger partial charge >= 0.3 is 5.76 Å². The van der Waals surface area contributed by atoms with E-state index in [9.17, 15) is 4.79 Å². The quantitative estimate of drug-likeness (QED) is 0.555. The van der Waals surface area contributed by atoms with Gasteiger partial charge in [-0.1, -0.05) is 22.8 Å². The lowest BCUT2D eigenvalue weighted by Gasteiger charge is -1.93. The summed E-state index contributed by atoms with van der Waals surface area (Å²) in [6, 6.07) is 10.7. The Hall–Kier alpha value is -2.71. The van der Waals surface area contributed by atoms with Crippen LogP contribution in [-0.2, 0) is 6.54 Å². The minimum Gasteiger partial charge on any atom is -0.387 e. The van der Waals surface area contributed by atoms with Crippen molar-refractivity contribution < 1.29 is 8.94 Å². The van der Waals surface area contributed by atoms with Gasteiger partial charge in [-0.2, -0.15) is 9.67 Å². The Morgan fingerprint density at radius 3 is 2.75 bits per heavy atom. The highest BCUT2D eigenvalue weighted by Gasteiger charge is 2.15. The van der Waals surface area contributed by atoms with Crippen molar-refractivity contribution in [1.29, 1.82) is 0 Å². The highest BCUT2D eigenvalue weighted by molar-refractivity contribution is 7.13. The molecular weight excluding hydrogens is 352 g/mol. The number of thiophene rings is 1. The van der Waals surface area contributed by atoms with Crippen LogP contribution >= 0.6 is 22.9 Å². The molecule has 120 valence electrons. The fourth-order valence-corrected chi connectivity index (χ4v) is 2.84. The zero-order valence-corrected chi connectivity index (χ0v) is 13.6. The highest BCUT2D eigenvalue weighted by atomic mass is 35.5. The molecule has 9 heteroatoms. The van der Waals surface area contributed by atoms with Gasteiger partial charge in [0.05, 0.1) is 4.88 Å². The lowest BCUT2D eigenvalue weighted by atomic mass is 10.2. The summed E-state index contributed by atoms with van der Waals surface area (Å²) in [5.74, 6) is 0.373. The molecule has 3 aromatic heterocycles. The molecule has 1 aromatic carbocycles. The van der Waals surface area contributed by atoms with E-state index in [2.05, 4.69) is 15.2 Å². The maximum absolute atomic E-state index is 11.9. The number of aromatic nitrogens is 4. The Bertz CT molecular complexity index is 1020. The lowest BCUT2D eigenvalue weighted by Crippen LogP contribution is -2.17. The van der Waals surface area contributed by atoms with Crippen LogP contribution in [0, 0.1) is 0 Å². The van der Waals surface area contributed by atoms with E-state index in [0.717, 1.165) is 15.1 Å². The maximum atomic E-state index is 11.9. The normalized spacial score (nSPS) is 11.0. The molecule has 0 fully saturated rings. The van der Waals surface area contributed by atoms with Gasteiger partial charge in [0.2, 0.25) is 0 Å². The van der Waals surface area contributed by atoms with Crippen LogP contribution in [0.1, 0.15) is 5.82 Å². The molecule has 0 spiro atoms. The maximum Gasteiger partial charge on any atom is 0.437 e. The van der Waals surface area contributed by atoms with E-state index in [1.165, 1.54) is 11.3 Å². The van der Waals surface area contributed by atoms with Gasteiger partial charge in [0.1, 0.15) is 6.54 Å². The molecule has 0 radical (unpaired) electrons. The second-order valence-corrected chi connectivity index (χ2v) is 6.21. The molecule has 0 unspecified atom stereocenters. The van der Waals surface area contributed by atoms with Gasteiger partial charge in [0.25, 0.3) is 11.8 Å². The standard InChI is InChI=1S/C15H9ClN4O3S/c16-10-5-3-9(4-6-10)13-17-12(19-23-13)8-20-15(21)22-14(18-20)11-2-1-7-24-11/h1-7H,8H2. The second-order valence-electron chi connectivity index (χ2n) is 4.83. The topological polar surface area (TPSA) is 87.0 Å². The second kappa shape index (κ2) is 6.06. The number of benzene rings is 1. The van der Waals surface area contributed by atoms with Gasteiger partial charge in [-0.3, -0.25) is 0 Å². The van der Waals surface area contributed by atoms with E-state index in [0.29, 0.717) is 16.7 Å². The molecule has 0 amide bonds. The van der Waals surface area contributed by atoms with E-state index in [4.69, 9.17) is 20.5 Å². The molecule has 0 aliphatic rings. The molecule has 4 rings (SSSR count). The first-order valence-electron chi connectivity index (χ1n) is 6.89. The minimum absolute atomic E-state index is 0.0603. The number of hydrogen-bond donors (Lipinski definition) is 0. The molecule has 24 heavy (non-hydrogen) atoms. The average molecular weight is 361 g/mol. The Kier molecular flexibility index (Phi) is 3.75. The average Bonchev–Trinajstić information content (AvgIpc) is 3.31. The fraction of sp³-hybridized carbons (Fsp3) is 0.0667. The van der Waals surface area contributed by atoms with E-state index in [1.54, 1.807) is 24.3 Å². The Morgan fingerprint density at radius 1 is 1.17 bits per heavy atom. The van der Waals surface area contributed by atoms with Crippen LogP contribution in [0.25, 0.3) is 22.2 Å². The highest BCUT2D eigenvalue weighted by Crippen LogP contribution is 2.22. The van der Waals surface area contributed by atoms with E-state index in [-0.39, 0.29) is 12.4 Å². The largest absolute Gasteiger partial charge is 0.437 e. The van der Waals surface area contributed by atoms with Gasteiger partial charge < -0.3 is 8.94 Å². The number of nitrogens with zero attached hydrogens (tertiary/aromatic N) is 4. The van der Waals surface area contributed by atoms with Crippen molar-refractivity contribution in [2.75, 3.05) is 0 Å². The molecule has 0 aliphatic heterocycles. The summed E-state index contributed by atoms with van der Waals surface area (Å²) in [7, 11) is 0. The number of rotatable bonds is 4. The van der Waals surface area contributed by atoms with Gasteiger partial charge in [-0.05, 0) is 35.7 Å². The van der Waals surface area contributed by atoms with Gasteiger partial charge in [-0.15, -0.1) is 16.4 Å². The molecule has 7 nitrogen and oxygen atoms in total. The molecule has 4 aromatic rings. The van der Waals surface area contributed by atoms with Crippen LogP contribution in [0.4, 0.5) is 0 Å². The summed E-state index contributed by atoms with van der Waals surface area (Å²) in [5, 5.41) is 10.5. The SMILES string of the molecule is O=c1oc(-c2cccs2)nn1Cc1noc(-c2ccc(Cl)cc2)n1. The Labute approximate surface area is 144 Å². The van der Waals surface area contributed by atoms with Crippen LogP contribution in [0.3, 0.4) is 0 Å². The molecule has 3 heterocycles. The van der Waals surface area contributed by atoms with Crippen LogP contribution < -0.4 is 5.76 Å². The van der Waals surface area contributed by atoms with E-state index < -0.39 is 5.76 Å². The molecule has 0 aliphatic carbocycles. The van der Waals surface area contributed by atoms with Crippen LogP contribution in [0.5, 0.6) is 0 Å². The predicted molar refractivity (Wildman–Crippen MR) is 87.9 cm³/mol. The molecule has 0 bridgehead atoms. The van der Waals surface area contributed by atoms with Crippen molar-refractivity contribution in [2.24, 2.45) is 0 Å². The van der Waals surface area contributed by atoms with Gasteiger partial charge in [0.15, 0.2) is 5.82 Å². The molecular formula is C15H9ClN4O3S. The zero-order chi connectivity index (χ0) is 16.5. The van der Waals surface area contributed by atoms with Crippen LogP contribution in [0.2, 0.25) is 5.02 Å². The smallest absolute Gasteiger partial charge is 0.387 e. The van der Waals surface area contributed by atoms with Gasteiger partial charge in [-0.25, -0.2) is 4.79 Å². The summed E-state index contributed by atoms with van der Waals surface area (Å²) in [5.41, 5.74) is 0.741. The monoisotopic (exact) mass is 360 g/mol. The molecule has 0 saturated heterocycles. The third-order valence-electron chi connectivity index (χ3n) is 3.19. The lowest BCUT2D eigenvalue weighted by molar-refractivity contribution is 0.415. The first-order valence-corrected chi connectivity index (χ1v) is 8.15. The molecule has 0 N–H and O–H groups in total. The third kappa shape index (κ3) is 2.89. The molecule has 0 saturated carbocycles. The number of hydrogen-bond acceptors (Lipinski definition) is 7. The Balaban J connectivity index is 1.58. The van der Waals surface area contributed by atoms with E-state index >= 15 is 0 Å². The fourth-order valence-electron chi connectivity index (χ4n) is 2.07. The van der Waals surface area contributed by atoms with Crippen molar-refractivity contribution in [1.82, 2.24) is 19.9 Å². The number of halogens is 1. The van der Waals surface area contributed by atoms with Crippen molar-refractivity contribution in [3.63, 3.8) is 0 Å². The predicted octanol–water partition coefficient (Wildman–Crippen LogP) is 3.32. The summed E-state index contributed by atoms with van der Waals surface area (Å²) < 4.78 is 11.5. The van der Waals surface area contributed by atoms with Crippen LogP contribution in [-0.4, -0.2) is 19.9 Å². The van der Waals surface area contributed by atoms with E-state index in [1.807, 2.05) is 17.5 Å². The minimum atomic E-state index is -0.573. The van der Waals surface area contributed by atoms with Crippen LogP contribution in [0.15, 0.2) is 55.5 Å². The summed E-state index contributed by atoms with van der Waals surface area (Å²) >= 11 is 7.29. The zero-order valence-electron chi connectivity index (χ0n) is 12.0. The van der Waals surface area contributed by atoms with Crippen molar-refractivity contribution in [3.05, 3.63) is 63.2 Å². The van der Waals surface area contributed by atoms with Gasteiger partial charge in [0, 0.05) is 10.6 Å². The summed E-state index contributed by atoms with van der Waals surface area (Å²) in [6.45, 7) is 0.0603. The first-order chi connectivity index (χ1) is 11.7.